The summed E-state index contributed by atoms with van der Waals surface area (Å²) < 4.78 is 19.1. The Morgan fingerprint density at radius 3 is 2.75 bits per heavy atom. The lowest BCUT2D eigenvalue weighted by atomic mass is 9.93. The van der Waals surface area contributed by atoms with Gasteiger partial charge in [0, 0.05) is 42.2 Å². The smallest absolute Gasteiger partial charge is 0.223 e. The summed E-state index contributed by atoms with van der Waals surface area (Å²) in [5.41, 5.74) is 2.08. The zero-order valence-corrected chi connectivity index (χ0v) is 15.7. The van der Waals surface area contributed by atoms with Crippen LogP contribution in [0.3, 0.4) is 0 Å². The molecule has 2 aromatic heterocycles. The van der Waals surface area contributed by atoms with Crippen LogP contribution >= 0.6 is 0 Å². The van der Waals surface area contributed by atoms with Crippen molar-refractivity contribution in [1.82, 2.24) is 15.0 Å². The van der Waals surface area contributed by atoms with Crippen LogP contribution in [-0.4, -0.2) is 38.8 Å². The van der Waals surface area contributed by atoms with Gasteiger partial charge in [0.1, 0.15) is 0 Å². The summed E-state index contributed by atoms with van der Waals surface area (Å²) in [7, 11) is 0. The minimum Gasteiger partial charge on any atom is -0.505 e. The van der Waals surface area contributed by atoms with E-state index in [0.29, 0.717) is 29.2 Å². The van der Waals surface area contributed by atoms with E-state index >= 15 is 0 Å². The summed E-state index contributed by atoms with van der Waals surface area (Å²) in [6.07, 6.45) is 9.54. The molecular formula is C21H23FN4O2. The third-order valence-corrected chi connectivity index (χ3v) is 5.16. The Labute approximate surface area is 162 Å². The van der Waals surface area contributed by atoms with Gasteiger partial charge in [0.2, 0.25) is 5.95 Å². The third-order valence-electron chi connectivity index (χ3n) is 5.16. The first-order valence-electron chi connectivity index (χ1n) is 9.62. The Hall–Kier alpha value is -2.80. The number of nitrogens with one attached hydrogen (secondary N) is 1. The highest BCUT2D eigenvalue weighted by Crippen LogP contribution is 2.30. The quantitative estimate of drug-likeness (QED) is 0.685. The summed E-state index contributed by atoms with van der Waals surface area (Å²) in [6, 6.07) is 4.54. The number of nitrogens with zero attached hydrogens (tertiary/aromatic N) is 3. The molecule has 0 amide bonds. The predicted octanol–water partition coefficient (Wildman–Crippen LogP) is 4.30. The van der Waals surface area contributed by atoms with Gasteiger partial charge in [-0.15, -0.1) is 0 Å². The molecule has 1 fully saturated rings. The van der Waals surface area contributed by atoms with Crippen LogP contribution in [-0.2, 0) is 4.74 Å². The number of ether oxygens (including phenoxy) is 1. The van der Waals surface area contributed by atoms with E-state index in [4.69, 9.17) is 4.74 Å². The van der Waals surface area contributed by atoms with Gasteiger partial charge in [-0.2, -0.15) is 0 Å². The molecule has 2 heterocycles. The summed E-state index contributed by atoms with van der Waals surface area (Å²) >= 11 is 0. The van der Waals surface area contributed by atoms with Gasteiger partial charge in [-0.25, -0.2) is 14.4 Å². The average Bonchev–Trinajstić information content (AvgIpc) is 2.71. The first-order valence-corrected chi connectivity index (χ1v) is 9.62. The molecule has 6 nitrogen and oxygen atoms in total. The molecule has 0 spiro atoms. The topological polar surface area (TPSA) is 80.2 Å². The number of benzene rings is 1. The van der Waals surface area contributed by atoms with Crippen LogP contribution in [0.25, 0.3) is 22.0 Å². The molecule has 4 rings (SSSR count). The monoisotopic (exact) mass is 382 g/mol. The minimum absolute atomic E-state index is 0.314. The Morgan fingerprint density at radius 1 is 1.18 bits per heavy atom. The van der Waals surface area contributed by atoms with Crippen molar-refractivity contribution >= 4 is 16.9 Å². The molecule has 0 radical (unpaired) electrons. The van der Waals surface area contributed by atoms with Crippen molar-refractivity contribution in [3.05, 3.63) is 42.6 Å². The van der Waals surface area contributed by atoms with Gasteiger partial charge in [-0.1, -0.05) is 6.07 Å². The predicted molar refractivity (Wildman–Crippen MR) is 106 cm³/mol. The first kappa shape index (κ1) is 18.6. The fourth-order valence-electron chi connectivity index (χ4n) is 3.71. The highest BCUT2D eigenvalue weighted by molar-refractivity contribution is 5.92. The number of phenols is 1. The van der Waals surface area contributed by atoms with Crippen molar-refractivity contribution in [2.24, 2.45) is 0 Å². The molecule has 0 aliphatic heterocycles. The van der Waals surface area contributed by atoms with Crippen LogP contribution in [0.15, 0.2) is 36.8 Å². The molecule has 0 atom stereocenters. The van der Waals surface area contributed by atoms with E-state index < -0.39 is 11.6 Å². The normalized spacial score (nSPS) is 19.6. The van der Waals surface area contributed by atoms with Crippen LogP contribution in [0.2, 0.25) is 0 Å². The third kappa shape index (κ3) is 3.89. The molecule has 28 heavy (non-hydrogen) atoms. The molecule has 0 bridgehead atoms. The van der Waals surface area contributed by atoms with Crippen molar-refractivity contribution < 1.29 is 14.2 Å². The molecule has 1 aromatic carbocycles. The van der Waals surface area contributed by atoms with Gasteiger partial charge in [0.25, 0.3) is 0 Å². The maximum absolute atomic E-state index is 13.4. The van der Waals surface area contributed by atoms with Gasteiger partial charge in [-0.3, -0.25) is 4.98 Å². The van der Waals surface area contributed by atoms with Crippen molar-refractivity contribution in [3.8, 4) is 16.9 Å². The largest absolute Gasteiger partial charge is 0.505 e. The van der Waals surface area contributed by atoms with E-state index in [1.165, 1.54) is 12.1 Å². The summed E-state index contributed by atoms with van der Waals surface area (Å²) in [4.78, 5) is 13.3. The fourth-order valence-corrected chi connectivity index (χ4v) is 3.71. The number of fused-ring (bicyclic) bond motifs is 1. The van der Waals surface area contributed by atoms with E-state index in [9.17, 15) is 9.50 Å². The molecular weight excluding hydrogens is 359 g/mol. The summed E-state index contributed by atoms with van der Waals surface area (Å²) in [5.74, 6) is -0.490. The molecule has 0 saturated heterocycles. The highest BCUT2D eigenvalue weighted by Gasteiger charge is 2.22. The van der Waals surface area contributed by atoms with Gasteiger partial charge >= 0.3 is 0 Å². The zero-order valence-electron chi connectivity index (χ0n) is 15.7. The average molecular weight is 382 g/mol. The number of aromatic nitrogens is 3. The van der Waals surface area contributed by atoms with Crippen LogP contribution in [0.4, 0.5) is 10.3 Å². The van der Waals surface area contributed by atoms with Gasteiger partial charge in [0.05, 0.1) is 11.6 Å². The second-order valence-corrected chi connectivity index (χ2v) is 7.06. The lowest BCUT2D eigenvalue weighted by Crippen LogP contribution is -2.30. The Kier molecular flexibility index (Phi) is 5.34. The number of phenolic OH excluding ortho intramolecular Hbond substituents is 1. The lowest BCUT2D eigenvalue weighted by Gasteiger charge is -2.28. The highest BCUT2D eigenvalue weighted by atomic mass is 19.1. The molecule has 1 saturated carbocycles. The maximum Gasteiger partial charge on any atom is 0.223 e. The van der Waals surface area contributed by atoms with Crippen LogP contribution in [0.5, 0.6) is 5.75 Å². The number of aromatic hydroxyl groups is 1. The summed E-state index contributed by atoms with van der Waals surface area (Å²) in [6.45, 7) is 2.78. The Bertz CT molecular complexity index is 974. The zero-order chi connectivity index (χ0) is 19.5. The van der Waals surface area contributed by atoms with Gasteiger partial charge < -0.3 is 15.2 Å². The number of pyridine rings is 1. The standard InChI is InChI=1S/C21H23FN4O2/c1-2-28-16-6-4-15(5-7-16)25-21-24-11-14-10-23-12-17(20(14)26-21)13-3-8-18(22)19(27)9-13/h3,8-12,15-16,27H,2,4-7H2,1H3,(H,24,25,26). The molecule has 3 aromatic rings. The van der Waals surface area contributed by atoms with Crippen molar-refractivity contribution in [2.45, 2.75) is 44.8 Å². The molecule has 0 unspecified atom stereocenters. The fraction of sp³-hybridized carbons (Fsp3) is 0.381. The number of rotatable bonds is 5. The first-order chi connectivity index (χ1) is 13.6. The van der Waals surface area contributed by atoms with Gasteiger partial charge in [-0.05, 0) is 50.3 Å². The Balaban J connectivity index is 1.59. The molecule has 7 heteroatoms. The maximum atomic E-state index is 13.4. The van der Waals surface area contributed by atoms with Gasteiger partial charge in [0.15, 0.2) is 11.6 Å². The second kappa shape index (κ2) is 8.06. The molecule has 1 aliphatic carbocycles. The summed E-state index contributed by atoms with van der Waals surface area (Å²) in [5, 5.41) is 13.9. The number of halogens is 1. The van der Waals surface area contributed by atoms with E-state index in [1.807, 2.05) is 6.92 Å². The number of hydrogen-bond acceptors (Lipinski definition) is 6. The Morgan fingerprint density at radius 2 is 2.00 bits per heavy atom. The van der Waals surface area contributed by atoms with E-state index in [0.717, 1.165) is 43.2 Å². The lowest BCUT2D eigenvalue weighted by molar-refractivity contribution is 0.0346. The molecule has 146 valence electrons. The molecule has 1 aliphatic rings. The number of hydrogen-bond donors (Lipinski definition) is 2. The van der Waals surface area contributed by atoms with E-state index in [2.05, 4.69) is 20.3 Å². The molecule has 2 N–H and O–H groups in total. The van der Waals surface area contributed by atoms with Crippen LogP contribution in [0, 0.1) is 5.82 Å². The van der Waals surface area contributed by atoms with E-state index in [1.54, 1.807) is 24.7 Å². The van der Waals surface area contributed by atoms with Crippen LogP contribution in [0.1, 0.15) is 32.6 Å². The number of anilines is 1. The van der Waals surface area contributed by atoms with E-state index in [-0.39, 0.29) is 0 Å². The van der Waals surface area contributed by atoms with Crippen molar-refractivity contribution in [2.75, 3.05) is 11.9 Å². The minimum atomic E-state index is -0.656. The second-order valence-electron chi connectivity index (χ2n) is 7.06. The van der Waals surface area contributed by atoms with Crippen LogP contribution < -0.4 is 5.32 Å². The van der Waals surface area contributed by atoms with Crippen molar-refractivity contribution in [3.63, 3.8) is 0 Å². The SMILES string of the molecule is CCOC1CCC(Nc2ncc3cncc(-c4ccc(F)c(O)c4)c3n2)CC1. The van der Waals surface area contributed by atoms with Crippen molar-refractivity contribution in [1.29, 1.82) is 0 Å².